The fraction of sp³-hybridized carbons (Fsp3) is 0.500. The number of aromatic nitrogens is 2. The van der Waals surface area contributed by atoms with Gasteiger partial charge in [-0.3, -0.25) is 0 Å². The van der Waals surface area contributed by atoms with E-state index >= 15 is 0 Å². The first-order valence-electron chi connectivity index (χ1n) is 9.32. The van der Waals surface area contributed by atoms with Gasteiger partial charge >= 0.3 is 6.18 Å². The van der Waals surface area contributed by atoms with Gasteiger partial charge in [0.25, 0.3) is 0 Å². The summed E-state index contributed by atoms with van der Waals surface area (Å²) in [5.74, 6) is 1.58. The lowest BCUT2D eigenvalue weighted by atomic mass is 9.95. The Hall–Kier alpha value is -2.15. The minimum atomic E-state index is -4.40. The van der Waals surface area contributed by atoms with Crippen LogP contribution in [-0.2, 0) is 23.8 Å². The normalized spacial score (nSPS) is 20.4. The summed E-state index contributed by atoms with van der Waals surface area (Å²) in [5.41, 5.74) is 1.80. The zero-order valence-electron chi connectivity index (χ0n) is 15.2. The van der Waals surface area contributed by atoms with E-state index in [0.717, 1.165) is 48.8 Å². The molecule has 1 saturated heterocycles. The molecular formula is C20H22F3N3O. The maximum Gasteiger partial charge on any atom is 0.416 e. The van der Waals surface area contributed by atoms with E-state index in [2.05, 4.69) is 14.9 Å². The average Bonchev–Trinajstić information content (AvgIpc) is 2.67. The molecule has 27 heavy (non-hydrogen) atoms. The minimum absolute atomic E-state index is 0.189. The first-order valence-corrected chi connectivity index (χ1v) is 9.32. The molecule has 1 atom stereocenters. The van der Waals surface area contributed by atoms with E-state index in [0.29, 0.717) is 25.5 Å². The van der Waals surface area contributed by atoms with E-state index in [1.54, 1.807) is 6.07 Å². The van der Waals surface area contributed by atoms with Crippen molar-refractivity contribution < 1.29 is 17.9 Å². The molecule has 1 aliphatic heterocycles. The number of halogens is 3. The summed E-state index contributed by atoms with van der Waals surface area (Å²) in [6.45, 7) is 3.22. The van der Waals surface area contributed by atoms with E-state index in [4.69, 9.17) is 4.74 Å². The third-order valence-corrected chi connectivity index (χ3v) is 5.25. The summed E-state index contributed by atoms with van der Waals surface area (Å²) in [6.07, 6.45) is -0.953. The molecule has 2 heterocycles. The van der Waals surface area contributed by atoms with Gasteiger partial charge < -0.3 is 9.64 Å². The van der Waals surface area contributed by atoms with E-state index < -0.39 is 17.8 Å². The number of nitrogens with zero attached hydrogens (tertiary/aromatic N) is 3. The molecule has 0 amide bonds. The summed E-state index contributed by atoms with van der Waals surface area (Å²) in [4.78, 5) is 11.3. The van der Waals surface area contributed by atoms with Crippen molar-refractivity contribution in [3.63, 3.8) is 0 Å². The maximum atomic E-state index is 13.4. The van der Waals surface area contributed by atoms with Crippen LogP contribution in [0.5, 0.6) is 0 Å². The summed E-state index contributed by atoms with van der Waals surface area (Å²) in [7, 11) is 0. The van der Waals surface area contributed by atoms with Gasteiger partial charge in [-0.15, -0.1) is 0 Å². The number of hydrogen-bond donors (Lipinski definition) is 0. The molecule has 2 aliphatic rings. The molecule has 4 rings (SSSR count). The van der Waals surface area contributed by atoms with Crippen molar-refractivity contribution in [2.45, 2.75) is 44.9 Å². The van der Waals surface area contributed by atoms with E-state index in [-0.39, 0.29) is 5.56 Å². The second-order valence-electron chi connectivity index (χ2n) is 7.12. The molecule has 1 fully saturated rings. The Morgan fingerprint density at radius 2 is 1.89 bits per heavy atom. The van der Waals surface area contributed by atoms with Crippen LogP contribution in [0.3, 0.4) is 0 Å². The number of anilines is 1. The van der Waals surface area contributed by atoms with Crippen molar-refractivity contribution in [3.05, 3.63) is 52.5 Å². The highest BCUT2D eigenvalue weighted by atomic mass is 19.4. The van der Waals surface area contributed by atoms with Gasteiger partial charge in [-0.1, -0.05) is 18.2 Å². The van der Waals surface area contributed by atoms with Crippen molar-refractivity contribution >= 4 is 5.82 Å². The van der Waals surface area contributed by atoms with E-state index in [9.17, 15) is 13.2 Å². The zero-order chi connectivity index (χ0) is 19.0. The number of hydrogen-bond acceptors (Lipinski definition) is 4. The van der Waals surface area contributed by atoms with Gasteiger partial charge in [-0.05, 0) is 44.2 Å². The van der Waals surface area contributed by atoms with Crippen LogP contribution >= 0.6 is 0 Å². The van der Waals surface area contributed by atoms with Crippen LogP contribution in [-0.4, -0.2) is 29.7 Å². The van der Waals surface area contributed by atoms with Gasteiger partial charge in [0.2, 0.25) is 0 Å². The van der Waals surface area contributed by atoms with Crippen molar-refractivity contribution in [1.29, 1.82) is 0 Å². The summed E-state index contributed by atoms with van der Waals surface area (Å²) < 4.78 is 46.0. The topological polar surface area (TPSA) is 38.2 Å². The Bertz CT molecular complexity index is 838. The van der Waals surface area contributed by atoms with Gasteiger partial charge in [-0.2, -0.15) is 13.2 Å². The van der Waals surface area contributed by atoms with E-state index in [1.165, 1.54) is 12.1 Å². The Labute approximate surface area is 156 Å². The molecule has 144 valence electrons. The first kappa shape index (κ1) is 18.2. The van der Waals surface area contributed by atoms with Gasteiger partial charge in [0.05, 0.1) is 12.2 Å². The van der Waals surface area contributed by atoms with Crippen LogP contribution in [0.15, 0.2) is 24.3 Å². The third kappa shape index (κ3) is 3.65. The molecule has 4 nitrogen and oxygen atoms in total. The highest BCUT2D eigenvalue weighted by Gasteiger charge is 2.37. The third-order valence-electron chi connectivity index (χ3n) is 5.25. The van der Waals surface area contributed by atoms with Gasteiger partial charge in [0.15, 0.2) is 0 Å². The van der Waals surface area contributed by atoms with E-state index in [1.807, 2.05) is 6.92 Å². The van der Waals surface area contributed by atoms with Gasteiger partial charge in [0.1, 0.15) is 17.7 Å². The molecule has 2 aromatic rings. The quantitative estimate of drug-likeness (QED) is 0.784. The largest absolute Gasteiger partial charge is 0.416 e. The standard InChI is InChI=1S/C20H22F3N3O/c1-13-24-17-9-5-3-7-15(17)19(25-13)26-10-11-27-18(12-26)14-6-2-4-8-16(14)20(21,22)23/h2,4,6,8,18H,3,5,7,9-12H2,1H3. The molecule has 1 aliphatic carbocycles. The Morgan fingerprint density at radius 3 is 2.70 bits per heavy atom. The van der Waals surface area contributed by atoms with Crippen LogP contribution < -0.4 is 4.90 Å². The fourth-order valence-electron chi connectivity index (χ4n) is 4.02. The highest BCUT2D eigenvalue weighted by molar-refractivity contribution is 5.51. The predicted molar refractivity (Wildman–Crippen MR) is 95.8 cm³/mol. The molecule has 0 spiro atoms. The lowest BCUT2D eigenvalue weighted by Gasteiger charge is -2.36. The monoisotopic (exact) mass is 377 g/mol. The van der Waals surface area contributed by atoms with Crippen molar-refractivity contribution in [1.82, 2.24) is 9.97 Å². The lowest BCUT2D eigenvalue weighted by Crippen LogP contribution is -2.40. The van der Waals surface area contributed by atoms with Crippen LogP contribution in [0, 0.1) is 6.92 Å². The van der Waals surface area contributed by atoms with Crippen LogP contribution in [0.1, 0.15) is 47.2 Å². The number of aryl methyl sites for hydroxylation is 2. The van der Waals surface area contributed by atoms with Gasteiger partial charge in [0, 0.05) is 24.3 Å². The number of benzene rings is 1. The van der Waals surface area contributed by atoms with Crippen molar-refractivity contribution in [2.75, 3.05) is 24.6 Å². The molecular weight excluding hydrogens is 355 g/mol. The predicted octanol–water partition coefficient (Wildman–Crippen LogP) is 4.26. The molecule has 7 heteroatoms. The lowest BCUT2D eigenvalue weighted by molar-refractivity contribution is -0.139. The minimum Gasteiger partial charge on any atom is -0.370 e. The summed E-state index contributed by atoms with van der Waals surface area (Å²) in [6, 6.07) is 5.67. The number of ether oxygens (including phenoxy) is 1. The highest BCUT2D eigenvalue weighted by Crippen LogP contribution is 2.38. The number of morpholine rings is 1. The molecule has 1 unspecified atom stereocenters. The van der Waals surface area contributed by atoms with Crippen LogP contribution in [0.4, 0.5) is 19.0 Å². The van der Waals surface area contributed by atoms with Crippen LogP contribution in [0.25, 0.3) is 0 Å². The fourth-order valence-corrected chi connectivity index (χ4v) is 4.02. The number of alkyl halides is 3. The van der Waals surface area contributed by atoms with Gasteiger partial charge in [-0.25, -0.2) is 9.97 Å². The summed E-state index contributed by atoms with van der Waals surface area (Å²) in [5, 5.41) is 0. The molecule has 1 aromatic carbocycles. The Morgan fingerprint density at radius 1 is 1.11 bits per heavy atom. The molecule has 0 N–H and O–H groups in total. The second kappa shape index (κ2) is 7.11. The molecule has 0 radical (unpaired) electrons. The molecule has 1 aromatic heterocycles. The Balaban J connectivity index is 1.67. The Kier molecular flexibility index (Phi) is 4.80. The second-order valence-corrected chi connectivity index (χ2v) is 7.12. The van der Waals surface area contributed by atoms with Crippen molar-refractivity contribution in [2.24, 2.45) is 0 Å². The number of fused-ring (bicyclic) bond motifs is 1. The number of rotatable bonds is 2. The van der Waals surface area contributed by atoms with Crippen LogP contribution in [0.2, 0.25) is 0 Å². The maximum absolute atomic E-state index is 13.4. The summed E-state index contributed by atoms with van der Waals surface area (Å²) >= 11 is 0. The van der Waals surface area contributed by atoms with Crippen molar-refractivity contribution in [3.8, 4) is 0 Å². The SMILES string of the molecule is Cc1nc2c(c(N3CCOC(c4ccccc4C(F)(F)F)C3)n1)CCCC2. The molecule has 0 saturated carbocycles. The average molecular weight is 377 g/mol. The first-order chi connectivity index (χ1) is 12.9. The smallest absolute Gasteiger partial charge is 0.370 e. The molecule has 0 bridgehead atoms. The zero-order valence-corrected chi connectivity index (χ0v) is 15.2.